The van der Waals surface area contributed by atoms with E-state index in [2.05, 4.69) is 0 Å². The van der Waals surface area contributed by atoms with Crippen molar-refractivity contribution in [2.75, 3.05) is 6.61 Å². The molecular formula is C11H12O3. The van der Waals surface area contributed by atoms with Gasteiger partial charge in [-0.15, -0.1) is 0 Å². The normalized spacial score (nSPS) is 29.0. The summed E-state index contributed by atoms with van der Waals surface area (Å²) in [6, 6.07) is 0. The number of hydrogen-bond donors (Lipinski definition) is 1. The van der Waals surface area contributed by atoms with Crippen molar-refractivity contribution >= 4 is 5.78 Å². The van der Waals surface area contributed by atoms with Crippen LogP contribution in [0.3, 0.4) is 0 Å². The van der Waals surface area contributed by atoms with E-state index < -0.39 is 0 Å². The zero-order valence-electron chi connectivity index (χ0n) is 7.93. The molecule has 3 heteroatoms. The van der Waals surface area contributed by atoms with Gasteiger partial charge in [-0.3, -0.25) is 4.79 Å². The number of aliphatic hydroxyl groups is 1. The van der Waals surface area contributed by atoms with Crippen LogP contribution in [0, 0.1) is 5.92 Å². The average molecular weight is 192 g/mol. The van der Waals surface area contributed by atoms with Gasteiger partial charge in [-0.05, 0) is 13.0 Å². The molecule has 0 amide bonds. The number of fused-ring (bicyclic) bond motifs is 1. The van der Waals surface area contributed by atoms with E-state index in [0.29, 0.717) is 11.3 Å². The van der Waals surface area contributed by atoms with Gasteiger partial charge in [0.1, 0.15) is 18.5 Å². The number of carbonyl (C=O) groups excluding carboxylic acids is 1. The molecule has 2 atom stereocenters. The molecule has 0 spiro atoms. The molecule has 14 heavy (non-hydrogen) atoms. The minimum atomic E-state index is -0.223. The maximum Gasteiger partial charge on any atom is 0.159 e. The molecule has 0 bridgehead atoms. The fraction of sp³-hybridized carbons (Fsp3) is 0.364. The first kappa shape index (κ1) is 9.21. The van der Waals surface area contributed by atoms with E-state index in [1.54, 1.807) is 6.08 Å². The van der Waals surface area contributed by atoms with Crippen molar-refractivity contribution in [3.63, 3.8) is 0 Å². The second-order valence-electron chi connectivity index (χ2n) is 3.47. The molecule has 0 saturated heterocycles. The second kappa shape index (κ2) is 3.42. The van der Waals surface area contributed by atoms with Crippen LogP contribution in [0.15, 0.2) is 35.6 Å². The molecular weight excluding hydrogens is 180 g/mol. The zero-order valence-corrected chi connectivity index (χ0v) is 7.93. The first-order valence-corrected chi connectivity index (χ1v) is 4.60. The minimum Gasteiger partial charge on any atom is -0.487 e. The number of carbonyl (C=O) groups is 1. The number of hydrogen-bond acceptors (Lipinski definition) is 3. The van der Waals surface area contributed by atoms with Crippen LogP contribution in [0.4, 0.5) is 0 Å². The SMILES string of the molecule is CC(=O)C1=CC=CC2C=C(CO)OC12. The molecule has 3 nitrogen and oxygen atoms in total. The van der Waals surface area contributed by atoms with Crippen LogP contribution in [-0.4, -0.2) is 23.6 Å². The fourth-order valence-electron chi connectivity index (χ4n) is 1.80. The molecule has 2 rings (SSSR count). The number of ketones is 1. The third-order valence-corrected chi connectivity index (χ3v) is 2.48. The van der Waals surface area contributed by atoms with Crippen LogP contribution >= 0.6 is 0 Å². The smallest absolute Gasteiger partial charge is 0.159 e. The standard InChI is InChI=1S/C11H12O3/c1-7(13)10-4-2-3-8-5-9(6-12)14-11(8)10/h2-5,8,11-12H,6H2,1H3. The second-order valence-corrected chi connectivity index (χ2v) is 3.47. The Hall–Kier alpha value is -1.35. The lowest BCUT2D eigenvalue weighted by Gasteiger charge is -2.21. The van der Waals surface area contributed by atoms with Gasteiger partial charge < -0.3 is 9.84 Å². The first-order valence-electron chi connectivity index (χ1n) is 4.60. The van der Waals surface area contributed by atoms with Crippen LogP contribution in [0.1, 0.15) is 6.92 Å². The Morgan fingerprint density at radius 3 is 3.07 bits per heavy atom. The Bertz CT molecular complexity index is 350. The lowest BCUT2D eigenvalue weighted by molar-refractivity contribution is -0.114. The number of Topliss-reactive ketones (excluding diaryl/α,β-unsaturated/α-hetero) is 1. The average Bonchev–Trinajstić information content (AvgIpc) is 2.59. The van der Waals surface area contributed by atoms with E-state index >= 15 is 0 Å². The summed E-state index contributed by atoms with van der Waals surface area (Å²) in [5.74, 6) is 0.677. The Kier molecular flexibility index (Phi) is 2.25. The van der Waals surface area contributed by atoms with E-state index in [1.807, 2.05) is 18.2 Å². The zero-order chi connectivity index (χ0) is 10.1. The summed E-state index contributed by atoms with van der Waals surface area (Å²) >= 11 is 0. The molecule has 0 aromatic heterocycles. The molecule has 0 radical (unpaired) electrons. The van der Waals surface area contributed by atoms with Gasteiger partial charge in [0.15, 0.2) is 5.78 Å². The lowest BCUT2D eigenvalue weighted by Crippen LogP contribution is -2.24. The van der Waals surface area contributed by atoms with Gasteiger partial charge >= 0.3 is 0 Å². The van der Waals surface area contributed by atoms with Gasteiger partial charge in [-0.2, -0.15) is 0 Å². The van der Waals surface area contributed by atoms with E-state index in [-0.39, 0.29) is 24.4 Å². The Morgan fingerprint density at radius 1 is 1.64 bits per heavy atom. The summed E-state index contributed by atoms with van der Waals surface area (Å²) in [6.45, 7) is 1.42. The summed E-state index contributed by atoms with van der Waals surface area (Å²) in [6.07, 6.45) is 7.24. The van der Waals surface area contributed by atoms with Crippen LogP contribution in [-0.2, 0) is 9.53 Å². The van der Waals surface area contributed by atoms with Gasteiger partial charge in [0.2, 0.25) is 0 Å². The van der Waals surface area contributed by atoms with E-state index in [0.717, 1.165) is 0 Å². The molecule has 1 N–H and O–H groups in total. The molecule has 0 saturated carbocycles. The summed E-state index contributed by atoms with van der Waals surface area (Å²) < 4.78 is 5.46. The molecule has 2 aliphatic rings. The van der Waals surface area contributed by atoms with Crippen molar-refractivity contribution < 1.29 is 14.6 Å². The molecule has 0 aromatic rings. The van der Waals surface area contributed by atoms with Crippen LogP contribution in [0.5, 0.6) is 0 Å². The van der Waals surface area contributed by atoms with Crippen molar-refractivity contribution in [2.45, 2.75) is 13.0 Å². The van der Waals surface area contributed by atoms with Gasteiger partial charge in [0.05, 0.1) is 0 Å². The van der Waals surface area contributed by atoms with Crippen molar-refractivity contribution in [3.05, 3.63) is 35.6 Å². The molecule has 1 heterocycles. The molecule has 1 aliphatic carbocycles. The topological polar surface area (TPSA) is 46.5 Å². The summed E-state index contributed by atoms with van der Waals surface area (Å²) in [5, 5.41) is 8.92. The molecule has 1 aliphatic heterocycles. The largest absolute Gasteiger partial charge is 0.487 e. The van der Waals surface area contributed by atoms with Gasteiger partial charge in [0.25, 0.3) is 0 Å². The van der Waals surface area contributed by atoms with E-state index in [4.69, 9.17) is 9.84 Å². The predicted molar refractivity (Wildman–Crippen MR) is 51.4 cm³/mol. The maximum absolute atomic E-state index is 11.3. The van der Waals surface area contributed by atoms with Gasteiger partial charge in [0, 0.05) is 11.5 Å². The molecule has 0 fully saturated rings. The monoisotopic (exact) mass is 192 g/mol. The first-order chi connectivity index (χ1) is 6.72. The van der Waals surface area contributed by atoms with Crippen molar-refractivity contribution in [1.29, 1.82) is 0 Å². The van der Waals surface area contributed by atoms with Crippen LogP contribution < -0.4 is 0 Å². The van der Waals surface area contributed by atoms with Gasteiger partial charge in [-0.1, -0.05) is 18.2 Å². The van der Waals surface area contributed by atoms with Crippen molar-refractivity contribution in [3.8, 4) is 0 Å². The quantitative estimate of drug-likeness (QED) is 0.709. The number of ether oxygens (including phenoxy) is 1. The highest BCUT2D eigenvalue weighted by atomic mass is 16.5. The number of rotatable bonds is 2. The number of allylic oxidation sites excluding steroid dienone is 2. The fourth-order valence-corrected chi connectivity index (χ4v) is 1.80. The van der Waals surface area contributed by atoms with Gasteiger partial charge in [-0.25, -0.2) is 0 Å². The van der Waals surface area contributed by atoms with E-state index in [1.165, 1.54) is 6.92 Å². The molecule has 0 aromatic carbocycles. The lowest BCUT2D eigenvalue weighted by atomic mass is 9.90. The highest BCUT2D eigenvalue weighted by Gasteiger charge is 2.33. The van der Waals surface area contributed by atoms with Crippen molar-refractivity contribution in [2.24, 2.45) is 5.92 Å². The Morgan fingerprint density at radius 2 is 2.43 bits per heavy atom. The molecule has 2 unspecified atom stereocenters. The molecule has 74 valence electrons. The van der Waals surface area contributed by atoms with Crippen molar-refractivity contribution in [1.82, 2.24) is 0 Å². The predicted octanol–water partition coefficient (Wildman–Crippen LogP) is 0.963. The third kappa shape index (κ3) is 1.40. The number of aliphatic hydroxyl groups excluding tert-OH is 1. The summed E-state index contributed by atoms with van der Waals surface area (Å²) in [4.78, 5) is 11.3. The highest BCUT2D eigenvalue weighted by molar-refractivity contribution is 5.95. The third-order valence-electron chi connectivity index (χ3n) is 2.48. The summed E-state index contributed by atoms with van der Waals surface area (Å²) in [7, 11) is 0. The Balaban J connectivity index is 2.25. The Labute approximate surface area is 82.4 Å². The maximum atomic E-state index is 11.3. The highest BCUT2D eigenvalue weighted by Crippen LogP contribution is 2.32. The van der Waals surface area contributed by atoms with E-state index in [9.17, 15) is 4.79 Å². The minimum absolute atomic E-state index is 0.0249. The van der Waals surface area contributed by atoms with Crippen LogP contribution in [0.25, 0.3) is 0 Å². The summed E-state index contributed by atoms with van der Waals surface area (Å²) in [5.41, 5.74) is 0.678. The van der Waals surface area contributed by atoms with Crippen LogP contribution in [0.2, 0.25) is 0 Å².